The maximum absolute atomic E-state index is 11.9. The Bertz CT molecular complexity index is 654. The average Bonchev–Trinajstić information content (AvgIpc) is 2.32. The van der Waals surface area contributed by atoms with Crippen LogP contribution in [0, 0.1) is 6.92 Å². The molecule has 1 aromatic carbocycles. The highest BCUT2D eigenvalue weighted by Crippen LogP contribution is 2.20. The Morgan fingerprint density at radius 3 is 2.76 bits per heavy atom. The Kier molecular flexibility index (Phi) is 2.59. The van der Waals surface area contributed by atoms with Crippen LogP contribution in [0.2, 0.25) is 0 Å². The number of hydrogen-bond acceptors (Lipinski definition) is 5. The van der Waals surface area contributed by atoms with Gasteiger partial charge < -0.3 is 14.3 Å². The lowest BCUT2D eigenvalue weighted by atomic mass is 10.1. The molecule has 88 valence electrons. The van der Waals surface area contributed by atoms with Gasteiger partial charge in [0.2, 0.25) is 5.76 Å². The minimum atomic E-state index is -0.718. The minimum Gasteiger partial charge on any atom is -0.508 e. The molecule has 0 saturated carbocycles. The summed E-state index contributed by atoms with van der Waals surface area (Å²) in [5, 5.41) is 9.61. The van der Waals surface area contributed by atoms with Crippen molar-refractivity contribution in [1.82, 2.24) is 0 Å². The lowest BCUT2D eigenvalue weighted by molar-refractivity contribution is 0.0564. The molecule has 17 heavy (non-hydrogen) atoms. The van der Waals surface area contributed by atoms with Gasteiger partial charge in [0.05, 0.1) is 12.5 Å². The summed E-state index contributed by atoms with van der Waals surface area (Å²) in [4.78, 5) is 23.3. The highest BCUT2D eigenvalue weighted by Gasteiger charge is 2.17. The third-order valence-electron chi connectivity index (χ3n) is 2.47. The van der Waals surface area contributed by atoms with Gasteiger partial charge >= 0.3 is 5.97 Å². The fourth-order valence-electron chi connectivity index (χ4n) is 1.56. The molecule has 5 nitrogen and oxygen atoms in total. The first-order valence-corrected chi connectivity index (χ1v) is 4.89. The standard InChI is InChI=1S/C12H10O5/c1-6-10(14)8-4-3-7(13)5-9(8)17-11(6)12(15)16-2/h3-5,13H,1-2H3. The number of hydrogen-bond donors (Lipinski definition) is 1. The van der Waals surface area contributed by atoms with E-state index in [-0.39, 0.29) is 28.1 Å². The number of phenols is 1. The summed E-state index contributed by atoms with van der Waals surface area (Å²) in [7, 11) is 1.20. The second-order valence-electron chi connectivity index (χ2n) is 3.56. The molecule has 0 radical (unpaired) electrons. The van der Waals surface area contributed by atoms with Crippen LogP contribution >= 0.6 is 0 Å². The van der Waals surface area contributed by atoms with Crippen LogP contribution < -0.4 is 5.43 Å². The van der Waals surface area contributed by atoms with Crippen LogP contribution in [0.1, 0.15) is 16.1 Å². The summed E-state index contributed by atoms with van der Waals surface area (Å²) in [6, 6.07) is 4.11. The SMILES string of the molecule is COC(=O)c1oc2cc(O)ccc2c(=O)c1C. The maximum atomic E-state index is 11.9. The number of rotatable bonds is 1. The van der Waals surface area contributed by atoms with Crippen molar-refractivity contribution in [2.24, 2.45) is 0 Å². The third-order valence-corrected chi connectivity index (χ3v) is 2.47. The van der Waals surface area contributed by atoms with Crippen molar-refractivity contribution in [3.8, 4) is 5.75 Å². The molecular formula is C12H10O5. The summed E-state index contributed by atoms with van der Waals surface area (Å²) in [6.45, 7) is 1.49. The number of phenolic OH excluding ortho intramolecular Hbond substituents is 1. The molecule has 0 aliphatic rings. The van der Waals surface area contributed by atoms with Crippen molar-refractivity contribution in [2.75, 3.05) is 7.11 Å². The second kappa shape index (κ2) is 3.93. The van der Waals surface area contributed by atoms with E-state index in [1.807, 2.05) is 0 Å². The van der Waals surface area contributed by atoms with Crippen molar-refractivity contribution in [1.29, 1.82) is 0 Å². The van der Waals surface area contributed by atoms with Gasteiger partial charge in [-0.1, -0.05) is 0 Å². The van der Waals surface area contributed by atoms with Crippen molar-refractivity contribution in [3.63, 3.8) is 0 Å². The van der Waals surface area contributed by atoms with Crippen LogP contribution in [0.3, 0.4) is 0 Å². The van der Waals surface area contributed by atoms with E-state index in [1.54, 1.807) is 0 Å². The summed E-state index contributed by atoms with van der Waals surface area (Å²) >= 11 is 0. The van der Waals surface area contributed by atoms with E-state index < -0.39 is 5.97 Å². The quantitative estimate of drug-likeness (QED) is 0.758. The van der Waals surface area contributed by atoms with Crippen LogP contribution in [0.4, 0.5) is 0 Å². The van der Waals surface area contributed by atoms with Crippen molar-refractivity contribution >= 4 is 16.9 Å². The van der Waals surface area contributed by atoms with Gasteiger partial charge in [0.15, 0.2) is 5.43 Å². The lowest BCUT2D eigenvalue weighted by Gasteiger charge is -2.04. The van der Waals surface area contributed by atoms with Gasteiger partial charge in [0, 0.05) is 11.6 Å². The molecule has 0 atom stereocenters. The first-order chi connectivity index (χ1) is 8.04. The van der Waals surface area contributed by atoms with Gasteiger partial charge in [-0.25, -0.2) is 4.79 Å². The summed E-state index contributed by atoms with van der Waals surface area (Å²) in [5.41, 5.74) is 0.0303. The van der Waals surface area contributed by atoms with Gasteiger partial charge in [-0.05, 0) is 19.1 Å². The van der Waals surface area contributed by atoms with Gasteiger partial charge in [0.1, 0.15) is 11.3 Å². The van der Waals surface area contributed by atoms with Gasteiger partial charge in [0.25, 0.3) is 0 Å². The van der Waals surface area contributed by atoms with Gasteiger partial charge in [-0.3, -0.25) is 4.79 Å². The van der Waals surface area contributed by atoms with E-state index in [0.717, 1.165) is 0 Å². The van der Waals surface area contributed by atoms with Gasteiger partial charge in [-0.15, -0.1) is 0 Å². The highest BCUT2D eigenvalue weighted by molar-refractivity contribution is 5.90. The predicted octanol–water partition coefficient (Wildman–Crippen LogP) is 1.59. The molecule has 2 aromatic rings. The van der Waals surface area contributed by atoms with E-state index in [9.17, 15) is 14.7 Å². The molecule has 0 fully saturated rings. The first-order valence-electron chi connectivity index (χ1n) is 4.89. The van der Waals surface area contributed by atoms with E-state index in [0.29, 0.717) is 5.39 Å². The Labute approximate surface area is 96.2 Å². The molecule has 5 heteroatoms. The van der Waals surface area contributed by atoms with E-state index >= 15 is 0 Å². The summed E-state index contributed by atoms with van der Waals surface area (Å²) in [6.07, 6.45) is 0. The number of carbonyl (C=O) groups is 1. The summed E-state index contributed by atoms with van der Waals surface area (Å²) < 4.78 is 9.79. The molecule has 0 unspecified atom stereocenters. The molecule has 1 aromatic heterocycles. The smallest absolute Gasteiger partial charge is 0.374 e. The van der Waals surface area contributed by atoms with Crippen molar-refractivity contribution in [2.45, 2.75) is 6.92 Å². The molecule has 0 spiro atoms. The number of ether oxygens (including phenoxy) is 1. The lowest BCUT2D eigenvalue weighted by Crippen LogP contribution is -2.13. The number of carbonyl (C=O) groups excluding carboxylic acids is 1. The Morgan fingerprint density at radius 2 is 2.12 bits per heavy atom. The Morgan fingerprint density at radius 1 is 1.41 bits per heavy atom. The third kappa shape index (κ3) is 1.75. The normalized spacial score (nSPS) is 10.5. The first kappa shape index (κ1) is 11.2. The predicted molar refractivity (Wildman–Crippen MR) is 60.2 cm³/mol. The van der Waals surface area contributed by atoms with Crippen molar-refractivity contribution in [3.05, 3.63) is 39.7 Å². The molecule has 0 saturated heterocycles. The fraction of sp³-hybridized carbons (Fsp3) is 0.167. The summed E-state index contributed by atoms with van der Waals surface area (Å²) in [5.74, 6) is -0.902. The van der Waals surface area contributed by atoms with E-state index in [2.05, 4.69) is 4.74 Å². The molecule has 2 rings (SSSR count). The topological polar surface area (TPSA) is 76.7 Å². The second-order valence-corrected chi connectivity index (χ2v) is 3.56. The van der Waals surface area contributed by atoms with Crippen LogP contribution in [-0.2, 0) is 4.74 Å². The minimum absolute atomic E-state index is 0.0414. The van der Waals surface area contributed by atoms with E-state index in [1.165, 1.54) is 32.2 Å². The fourth-order valence-corrected chi connectivity index (χ4v) is 1.56. The molecular weight excluding hydrogens is 224 g/mol. The van der Waals surface area contributed by atoms with Crippen LogP contribution in [-0.4, -0.2) is 18.2 Å². The monoisotopic (exact) mass is 234 g/mol. The number of methoxy groups -OCH3 is 1. The van der Waals surface area contributed by atoms with Crippen LogP contribution in [0.5, 0.6) is 5.75 Å². The number of aromatic hydroxyl groups is 1. The van der Waals surface area contributed by atoms with Crippen LogP contribution in [0.15, 0.2) is 27.4 Å². The average molecular weight is 234 g/mol. The Hall–Kier alpha value is -2.30. The van der Waals surface area contributed by atoms with E-state index in [4.69, 9.17) is 4.42 Å². The Balaban J connectivity index is 2.85. The molecule has 0 aliphatic heterocycles. The number of fused-ring (bicyclic) bond motifs is 1. The zero-order valence-electron chi connectivity index (χ0n) is 9.31. The zero-order valence-corrected chi connectivity index (χ0v) is 9.31. The molecule has 1 N–H and O–H groups in total. The molecule has 1 heterocycles. The number of benzene rings is 1. The van der Waals surface area contributed by atoms with Crippen molar-refractivity contribution < 1.29 is 19.1 Å². The largest absolute Gasteiger partial charge is 0.508 e. The number of esters is 1. The van der Waals surface area contributed by atoms with Gasteiger partial charge in [-0.2, -0.15) is 0 Å². The van der Waals surface area contributed by atoms with Crippen LogP contribution in [0.25, 0.3) is 11.0 Å². The molecule has 0 bridgehead atoms. The zero-order chi connectivity index (χ0) is 12.6. The maximum Gasteiger partial charge on any atom is 0.374 e. The highest BCUT2D eigenvalue weighted by atomic mass is 16.5. The molecule has 0 amide bonds. The molecule has 0 aliphatic carbocycles.